The Kier molecular flexibility index (Phi) is 7.91. The normalized spacial score (nSPS) is 9.76. The van der Waals surface area contributed by atoms with Crippen LogP contribution in [-0.2, 0) is 13.2 Å². The molecule has 0 amide bonds. The molecule has 0 unspecified atom stereocenters. The van der Waals surface area contributed by atoms with Crippen LogP contribution in [0.3, 0.4) is 0 Å². The second-order valence-electron chi connectivity index (χ2n) is 4.48. The fourth-order valence-corrected chi connectivity index (χ4v) is 1.90. The summed E-state index contributed by atoms with van der Waals surface area (Å²) in [6.45, 7) is 5.87. The Balaban J connectivity index is 0.00000220. The Hall–Kier alpha value is -1.48. The third-order valence-electron chi connectivity index (χ3n) is 2.86. The maximum Gasteiger partial charge on any atom is 0.119 e. The van der Waals surface area contributed by atoms with Crippen LogP contribution in [0.25, 0.3) is 0 Å². The summed E-state index contributed by atoms with van der Waals surface area (Å²) in [6, 6.07) is 15.8. The first-order chi connectivity index (χ1) is 9.78. The minimum atomic E-state index is 0. The Labute approximate surface area is 137 Å². The summed E-state index contributed by atoms with van der Waals surface area (Å²) < 4.78 is 5.73. The van der Waals surface area contributed by atoms with Crippen molar-refractivity contribution in [3.8, 4) is 5.75 Å². The third-order valence-corrected chi connectivity index (χ3v) is 3.11. The van der Waals surface area contributed by atoms with Gasteiger partial charge >= 0.3 is 0 Å². The van der Waals surface area contributed by atoms with Gasteiger partial charge in [0.1, 0.15) is 12.4 Å². The fourth-order valence-electron chi connectivity index (χ4n) is 1.77. The van der Waals surface area contributed by atoms with Crippen LogP contribution in [0.1, 0.15) is 11.1 Å². The molecular weight excluding hydrogens is 305 g/mol. The third kappa shape index (κ3) is 6.21. The van der Waals surface area contributed by atoms with Crippen LogP contribution in [0.5, 0.6) is 5.75 Å². The lowest BCUT2D eigenvalue weighted by atomic mass is 10.2. The number of halogens is 2. The van der Waals surface area contributed by atoms with Crippen molar-refractivity contribution in [2.45, 2.75) is 13.2 Å². The second kappa shape index (κ2) is 9.46. The maximum absolute atomic E-state index is 5.85. The molecule has 0 aliphatic rings. The number of hydrogen-bond donors (Lipinski definition) is 1. The number of benzene rings is 2. The Morgan fingerprint density at radius 1 is 1.00 bits per heavy atom. The van der Waals surface area contributed by atoms with Crippen LogP contribution in [0.2, 0.25) is 5.02 Å². The molecule has 2 aromatic rings. The molecule has 0 aliphatic heterocycles. The van der Waals surface area contributed by atoms with E-state index in [0.29, 0.717) is 6.61 Å². The van der Waals surface area contributed by atoms with E-state index in [1.54, 1.807) is 0 Å². The average molecular weight is 324 g/mol. The predicted octanol–water partition coefficient (Wildman–Crippen LogP) is 4.62. The minimum Gasteiger partial charge on any atom is -0.489 e. The van der Waals surface area contributed by atoms with Gasteiger partial charge in [0.2, 0.25) is 0 Å². The van der Waals surface area contributed by atoms with E-state index < -0.39 is 0 Å². The predicted molar refractivity (Wildman–Crippen MR) is 91.4 cm³/mol. The van der Waals surface area contributed by atoms with Crippen LogP contribution >= 0.6 is 24.0 Å². The molecule has 0 aromatic heterocycles. The van der Waals surface area contributed by atoms with E-state index in [1.807, 2.05) is 42.5 Å². The summed E-state index contributed by atoms with van der Waals surface area (Å²) in [4.78, 5) is 0. The van der Waals surface area contributed by atoms with Gasteiger partial charge in [-0.3, -0.25) is 0 Å². The van der Waals surface area contributed by atoms with Gasteiger partial charge in [0.15, 0.2) is 0 Å². The highest BCUT2D eigenvalue weighted by atomic mass is 35.5. The number of hydrogen-bond acceptors (Lipinski definition) is 2. The van der Waals surface area contributed by atoms with Gasteiger partial charge in [-0.25, -0.2) is 0 Å². The molecule has 4 heteroatoms. The Morgan fingerprint density at radius 2 is 1.62 bits per heavy atom. The van der Waals surface area contributed by atoms with E-state index in [2.05, 4.69) is 24.0 Å². The van der Waals surface area contributed by atoms with Crippen LogP contribution < -0.4 is 10.1 Å². The van der Waals surface area contributed by atoms with Gasteiger partial charge in [0.05, 0.1) is 0 Å². The Morgan fingerprint density at radius 3 is 2.24 bits per heavy atom. The van der Waals surface area contributed by atoms with Gasteiger partial charge in [-0.05, 0) is 35.4 Å². The van der Waals surface area contributed by atoms with E-state index >= 15 is 0 Å². The summed E-state index contributed by atoms with van der Waals surface area (Å²) in [6.07, 6.45) is 1.85. The maximum atomic E-state index is 5.85. The summed E-state index contributed by atoms with van der Waals surface area (Å²) in [5.41, 5.74) is 2.33. The lowest BCUT2D eigenvalue weighted by Crippen LogP contribution is -2.12. The van der Waals surface area contributed by atoms with E-state index in [0.717, 1.165) is 29.4 Å². The molecular formula is C17H19Cl2NO. The smallest absolute Gasteiger partial charge is 0.119 e. The molecule has 2 nitrogen and oxygen atoms in total. The highest BCUT2D eigenvalue weighted by Crippen LogP contribution is 2.15. The first-order valence-corrected chi connectivity index (χ1v) is 6.93. The van der Waals surface area contributed by atoms with Crippen molar-refractivity contribution in [1.82, 2.24) is 5.32 Å². The average Bonchev–Trinajstić information content (AvgIpc) is 2.48. The van der Waals surface area contributed by atoms with Gasteiger partial charge in [0, 0.05) is 18.1 Å². The van der Waals surface area contributed by atoms with Gasteiger partial charge in [-0.1, -0.05) is 41.9 Å². The molecule has 0 bridgehead atoms. The van der Waals surface area contributed by atoms with Crippen LogP contribution in [0, 0.1) is 0 Å². The fraction of sp³-hybridized carbons (Fsp3) is 0.176. The zero-order valence-electron chi connectivity index (χ0n) is 11.7. The topological polar surface area (TPSA) is 21.3 Å². The molecule has 2 rings (SSSR count). The molecule has 0 aliphatic carbocycles. The monoisotopic (exact) mass is 323 g/mol. The molecule has 0 atom stereocenters. The van der Waals surface area contributed by atoms with E-state index in [4.69, 9.17) is 16.3 Å². The molecule has 0 heterocycles. The van der Waals surface area contributed by atoms with Crippen molar-refractivity contribution in [3.05, 3.63) is 77.3 Å². The number of nitrogens with one attached hydrogen (secondary N) is 1. The van der Waals surface area contributed by atoms with Crippen molar-refractivity contribution in [2.75, 3.05) is 6.54 Å². The van der Waals surface area contributed by atoms with Crippen molar-refractivity contribution in [3.63, 3.8) is 0 Å². The lowest BCUT2D eigenvalue weighted by Gasteiger charge is -2.08. The van der Waals surface area contributed by atoms with Gasteiger partial charge in [-0.2, -0.15) is 0 Å². The second-order valence-corrected chi connectivity index (χ2v) is 4.92. The van der Waals surface area contributed by atoms with Crippen molar-refractivity contribution in [1.29, 1.82) is 0 Å². The highest BCUT2D eigenvalue weighted by Gasteiger charge is 1.97. The van der Waals surface area contributed by atoms with Gasteiger partial charge < -0.3 is 10.1 Å². The Bertz CT molecular complexity index is 538. The minimum absolute atomic E-state index is 0. The van der Waals surface area contributed by atoms with E-state index in [-0.39, 0.29) is 12.4 Å². The summed E-state index contributed by atoms with van der Waals surface area (Å²) >= 11 is 5.85. The van der Waals surface area contributed by atoms with Crippen LogP contribution in [0.15, 0.2) is 61.2 Å². The van der Waals surface area contributed by atoms with Crippen molar-refractivity contribution >= 4 is 24.0 Å². The summed E-state index contributed by atoms with van der Waals surface area (Å²) in [7, 11) is 0. The van der Waals surface area contributed by atoms with Crippen LogP contribution in [0.4, 0.5) is 0 Å². The first kappa shape index (κ1) is 17.6. The standard InChI is InChI=1S/C17H18ClNO.ClH/c1-2-11-19-12-14-5-9-17(10-6-14)20-13-15-3-7-16(18)8-4-15;/h2-10,19H,1,11-13H2;1H. The zero-order valence-corrected chi connectivity index (χ0v) is 13.3. The van der Waals surface area contributed by atoms with Gasteiger partial charge in [-0.15, -0.1) is 19.0 Å². The van der Waals surface area contributed by atoms with E-state index in [9.17, 15) is 0 Å². The summed E-state index contributed by atoms with van der Waals surface area (Å²) in [5, 5.41) is 4.00. The number of ether oxygens (including phenoxy) is 1. The molecule has 0 saturated carbocycles. The van der Waals surface area contributed by atoms with E-state index in [1.165, 1.54) is 5.56 Å². The molecule has 0 fully saturated rings. The first-order valence-electron chi connectivity index (χ1n) is 6.56. The lowest BCUT2D eigenvalue weighted by molar-refractivity contribution is 0.306. The molecule has 0 spiro atoms. The molecule has 112 valence electrons. The quantitative estimate of drug-likeness (QED) is 0.593. The molecule has 2 aromatic carbocycles. The number of rotatable bonds is 7. The van der Waals surface area contributed by atoms with Crippen LogP contribution in [-0.4, -0.2) is 6.54 Å². The van der Waals surface area contributed by atoms with Crippen molar-refractivity contribution < 1.29 is 4.74 Å². The molecule has 0 saturated heterocycles. The molecule has 1 N–H and O–H groups in total. The summed E-state index contributed by atoms with van der Waals surface area (Å²) in [5.74, 6) is 0.868. The molecule has 21 heavy (non-hydrogen) atoms. The highest BCUT2D eigenvalue weighted by molar-refractivity contribution is 6.30. The zero-order chi connectivity index (χ0) is 14.2. The van der Waals surface area contributed by atoms with Crippen molar-refractivity contribution in [2.24, 2.45) is 0 Å². The molecule has 0 radical (unpaired) electrons. The SMILES string of the molecule is C=CCNCc1ccc(OCc2ccc(Cl)cc2)cc1.Cl. The van der Waals surface area contributed by atoms with Gasteiger partial charge in [0.25, 0.3) is 0 Å². The largest absolute Gasteiger partial charge is 0.489 e.